The molecular formula is C13H11FN2. The van der Waals surface area contributed by atoms with Crippen LogP contribution in [0.4, 0.5) is 10.1 Å². The lowest BCUT2D eigenvalue weighted by molar-refractivity contribution is 0.622. The van der Waals surface area contributed by atoms with Crippen molar-refractivity contribution >= 4 is 5.69 Å². The quantitative estimate of drug-likeness (QED) is 0.789. The molecule has 0 saturated heterocycles. The molecule has 1 aliphatic rings. The van der Waals surface area contributed by atoms with Crippen molar-refractivity contribution < 1.29 is 4.39 Å². The number of benzene rings is 1. The fourth-order valence-corrected chi connectivity index (χ4v) is 2.17. The van der Waals surface area contributed by atoms with Crippen LogP contribution in [0.15, 0.2) is 36.7 Å². The van der Waals surface area contributed by atoms with Gasteiger partial charge in [-0.15, -0.1) is 0 Å². The summed E-state index contributed by atoms with van der Waals surface area (Å²) in [6, 6.07) is 7.58. The standard InChI is InChI=1S/C13H11FN2/c14-10-6-9(7-15-8-10)11-2-1-3-13-12(11)4-5-16-13/h1-3,6-8,16H,4-5H2. The van der Waals surface area contributed by atoms with Crippen LogP contribution in [0.5, 0.6) is 0 Å². The number of rotatable bonds is 1. The van der Waals surface area contributed by atoms with Crippen LogP contribution in [-0.2, 0) is 6.42 Å². The van der Waals surface area contributed by atoms with Crippen LogP contribution >= 0.6 is 0 Å². The molecule has 2 aromatic rings. The topological polar surface area (TPSA) is 24.9 Å². The summed E-state index contributed by atoms with van der Waals surface area (Å²) in [5.41, 5.74) is 4.34. The van der Waals surface area contributed by atoms with Crippen molar-refractivity contribution in [3.05, 3.63) is 48.0 Å². The fraction of sp³-hybridized carbons (Fsp3) is 0.154. The van der Waals surface area contributed by atoms with E-state index in [0.29, 0.717) is 0 Å². The average Bonchev–Trinajstić information content (AvgIpc) is 2.76. The van der Waals surface area contributed by atoms with E-state index in [2.05, 4.69) is 16.4 Å². The predicted octanol–water partition coefficient (Wildman–Crippen LogP) is 2.86. The van der Waals surface area contributed by atoms with Gasteiger partial charge in [-0.05, 0) is 29.7 Å². The number of nitrogens with one attached hydrogen (secondary N) is 1. The first-order valence-electron chi connectivity index (χ1n) is 5.31. The lowest BCUT2D eigenvalue weighted by Crippen LogP contribution is -1.90. The monoisotopic (exact) mass is 214 g/mol. The molecule has 2 nitrogen and oxygen atoms in total. The van der Waals surface area contributed by atoms with Crippen LogP contribution in [0.1, 0.15) is 5.56 Å². The Labute approximate surface area is 93.1 Å². The number of anilines is 1. The maximum absolute atomic E-state index is 13.1. The minimum Gasteiger partial charge on any atom is -0.384 e. The molecule has 0 bridgehead atoms. The Kier molecular flexibility index (Phi) is 2.10. The van der Waals surface area contributed by atoms with E-state index in [1.54, 1.807) is 6.20 Å². The van der Waals surface area contributed by atoms with Crippen molar-refractivity contribution in [3.8, 4) is 11.1 Å². The van der Waals surface area contributed by atoms with Gasteiger partial charge in [0.05, 0.1) is 6.20 Å². The average molecular weight is 214 g/mol. The molecule has 3 heteroatoms. The summed E-state index contributed by atoms with van der Waals surface area (Å²) in [6.07, 6.45) is 3.92. The van der Waals surface area contributed by atoms with Crippen LogP contribution in [0.2, 0.25) is 0 Å². The van der Waals surface area contributed by atoms with Gasteiger partial charge in [-0.3, -0.25) is 4.98 Å². The van der Waals surface area contributed by atoms with E-state index in [-0.39, 0.29) is 5.82 Å². The first-order valence-corrected chi connectivity index (χ1v) is 5.31. The van der Waals surface area contributed by atoms with E-state index >= 15 is 0 Å². The van der Waals surface area contributed by atoms with Gasteiger partial charge in [0.1, 0.15) is 5.82 Å². The van der Waals surface area contributed by atoms with Gasteiger partial charge in [-0.2, -0.15) is 0 Å². The zero-order chi connectivity index (χ0) is 11.0. The first-order chi connectivity index (χ1) is 7.84. The second-order valence-corrected chi connectivity index (χ2v) is 3.90. The summed E-state index contributed by atoms with van der Waals surface area (Å²) in [5, 5.41) is 3.31. The van der Waals surface area contributed by atoms with Gasteiger partial charge in [0.25, 0.3) is 0 Å². The maximum Gasteiger partial charge on any atom is 0.142 e. The SMILES string of the molecule is Fc1cncc(-c2cccc3c2CCN3)c1. The summed E-state index contributed by atoms with van der Waals surface area (Å²) in [6.45, 7) is 0.953. The van der Waals surface area contributed by atoms with Crippen molar-refractivity contribution in [1.82, 2.24) is 4.98 Å². The minimum atomic E-state index is -0.291. The maximum atomic E-state index is 13.1. The van der Waals surface area contributed by atoms with Gasteiger partial charge in [-0.1, -0.05) is 12.1 Å². The highest BCUT2D eigenvalue weighted by atomic mass is 19.1. The fourth-order valence-electron chi connectivity index (χ4n) is 2.17. The molecule has 16 heavy (non-hydrogen) atoms. The highest BCUT2D eigenvalue weighted by Crippen LogP contribution is 2.32. The van der Waals surface area contributed by atoms with Gasteiger partial charge in [0.2, 0.25) is 0 Å². The molecule has 0 atom stereocenters. The number of nitrogens with zero attached hydrogens (tertiary/aromatic N) is 1. The van der Waals surface area contributed by atoms with Crippen LogP contribution in [0, 0.1) is 5.82 Å². The van der Waals surface area contributed by atoms with Crippen LogP contribution in [0.25, 0.3) is 11.1 Å². The minimum absolute atomic E-state index is 0.291. The second kappa shape index (κ2) is 3.59. The number of fused-ring (bicyclic) bond motifs is 1. The molecule has 1 aromatic heterocycles. The van der Waals surface area contributed by atoms with Crippen LogP contribution in [-0.4, -0.2) is 11.5 Å². The molecule has 1 aromatic carbocycles. The van der Waals surface area contributed by atoms with Crippen molar-refractivity contribution in [2.75, 3.05) is 11.9 Å². The Balaban J connectivity index is 2.17. The van der Waals surface area contributed by atoms with Gasteiger partial charge in [0, 0.05) is 24.0 Å². The Bertz CT molecular complexity index is 537. The van der Waals surface area contributed by atoms with E-state index < -0.39 is 0 Å². The first kappa shape index (κ1) is 9.33. The van der Waals surface area contributed by atoms with Crippen molar-refractivity contribution in [2.24, 2.45) is 0 Å². The van der Waals surface area contributed by atoms with Gasteiger partial charge >= 0.3 is 0 Å². The number of halogens is 1. The third-order valence-corrected chi connectivity index (χ3v) is 2.88. The van der Waals surface area contributed by atoms with Crippen molar-refractivity contribution in [2.45, 2.75) is 6.42 Å². The molecule has 0 radical (unpaired) electrons. The number of aromatic nitrogens is 1. The second-order valence-electron chi connectivity index (χ2n) is 3.90. The van der Waals surface area contributed by atoms with E-state index in [1.807, 2.05) is 12.1 Å². The highest BCUT2D eigenvalue weighted by molar-refractivity contribution is 5.75. The molecular weight excluding hydrogens is 203 g/mol. The summed E-state index contributed by atoms with van der Waals surface area (Å²) < 4.78 is 13.1. The molecule has 3 rings (SSSR count). The highest BCUT2D eigenvalue weighted by Gasteiger charge is 2.14. The van der Waals surface area contributed by atoms with Gasteiger partial charge in [0.15, 0.2) is 0 Å². The zero-order valence-corrected chi connectivity index (χ0v) is 8.70. The van der Waals surface area contributed by atoms with Gasteiger partial charge in [-0.25, -0.2) is 4.39 Å². The van der Waals surface area contributed by atoms with E-state index in [1.165, 1.54) is 17.8 Å². The molecule has 1 aliphatic heterocycles. The van der Waals surface area contributed by atoms with Crippen LogP contribution in [0.3, 0.4) is 0 Å². The molecule has 0 amide bonds. The molecule has 2 heterocycles. The molecule has 0 unspecified atom stereocenters. The lowest BCUT2D eigenvalue weighted by atomic mass is 9.99. The molecule has 0 saturated carbocycles. The third-order valence-electron chi connectivity index (χ3n) is 2.88. The predicted molar refractivity (Wildman–Crippen MR) is 61.8 cm³/mol. The van der Waals surface area contributed by atoms with E-state index in [0.717, 1.165) is 29.8 Å². The number of pyridine rings is 1. The molecule has 0 aliphatic carbocycles. The molecule has 0 fully saturated rings. The molecule has 1 N–H and O–H groups in total. The Morgan fingerprint density at radius 2 is 2.19 bits per heavy atom. The van der Waals surface area contributed by atoms with Gasteiger partial charge < -0.3 is 5.32 Å². The summed E-state index contributed by atoms with van der Waals surface area (Å²) >= 11 is 0. The Morgan fingerprint density at radius 1 is 1.25 bits per heavy atom. The zero-order valence-electron chi connectivity index (χ0n) is 8.70. The van der Waals surface area contributed by atoms with Crippen molar-refractivity contribution in [3.63, 3.8) is 0 Å². The van der Waals surface area contributed by atoms with E-state index in [9.17, 15) is 4.39 Å². The Morgan fingerprint density at radius 3 is 3.06 bits per heavy atom. The number of hydrogen-bond donors (Lipinski definition) is 1. The third kappa shape index (κ3) is 1.45. The molecule has 80 valence electrons. The summed E-state index contributed by atoms with van der Waals surface area (Å²) in [4.78, 5) is 3.89. The summed E-state index contributed by atoms with van der Waals surface area (Å²) in [5.74, 6) is -0.291. The molecule has 0 spiro atoms. The van der Waals surface area contributed by atoms with Crippen LogP contribution < -0.4 is 5.32 Å². The summed E-state index contributed by atoms with van der Waals surface area (Å²) in [7, 11) is 0. The Hall–Kier alpha value is -1.90. The smallest absolute Gasteiger partial charge is 0.142 e. The normalized spacial score (nSPS) is 13.3. The largest absolute Gasteiger partial charge is 0.384 e. The lowest BCUT2D eigenvalue weighted by Gasteiger charge is -2.07. The van der Waals surface area contributed by atoms with E-state index in [4.69, 9.17) is 0 Å². The van der Waals surface area contributed by atoms with Crippen molar-refractivity contribution in [1.29, 1.82) is 0 Å². The number of hydrogen-bond acceptors (Lipinski definition) is 2.